The van der Waals surface area contributed by atoms with Gasteiger partial charge in [0.15, 0.2) is 0 Å². The van der Waals surface area contributed by atoms with E-state index in [9.17, 15) is 4.79 Å². The van der Waals surface area contributed by atoms with Crippen molar-refractivity contribution >= 4 is 11.6 Å². The maximum atomic E-state index is 13.5. The monoisotopic (exact) mass is 457 g/mol. The van der Waals surface area contributed by atoms with Gasteiger partial charge in [-0.3, -0.25) is 9.69 Å². The van der Waals surface area contributed by atoms with Crippen LogP contribution in [0.15, 0.2) is 77.9 Å². The topological polar surface area (TPSA) is 54.4 Å². The number of hydrogen-bond acceptors (Lipinski definition) is 5. The molecule has 0 saturated heterocycles. The lowest BCUT2D eigenvalue weighted by Gasteiger charge is -2.26. The minimum atomic E-state index is -0.256. The van der Waals surface area contributed by atoms with Gasteiger partial charge in [0.2, 0.25) is 0 Å². The van der Waals surface area contributed by atoms with Crippen LogP contribution in [-0.2, 0) is 11.3 Å². The highest BCUT2D eigenvalue weighted by Crippen LogP contribution is 2.39. The third kappa shape index (κ3) is 5.29. The van der Waals surface area contributed by atoms with E-state index in [0.29, 0.717) is 24.5 Å². The van der Waals surface area contributed by atoms with E-state index in [-0.39, 0.29) is 18.5 Å². The molecule has 1 aliphatic heterocycles. The Hall–Kier alpha value is -3.64. The summed E-state index contributed by atoms with van der Waals surface area (Å²) in [6.45, 7) is 3.00. The molecular weight excluding hydrogens is 426 g/mol. The number of nitrogens with zero attached hydrogens (tertiary/aromatic N) is 3. The van der Waals surface area contributed by atoms with Crippen molar-refractivity contribution < 1.29 is 14.3 Å². The number of rotatable bonds is 8. The van der Waals surface area contributed by atoms with Crippen LogP contribution in [0, 0.1) is 6.92 Å². The van der Waals surface area contributed by atoms with E-state index < -0.39 is 0 Å². The molecule has 3 aromatic carbocycles. The molecule has 1 heterocycles. The van der Waals surface area contributed by atoms with Crippen LogP contribution in [0.1, 0.15) is 34.7 Å². The maximum Gasteiger partial charge on any atom is 0.257 e. The van der Waals surface area contributed by atoms with Gasteiger partial charge < -0.3 is 9.47 Å². The predicted octanol–water partition coefficient (Wildman–Crippen LogP) is 4.82. The summed E-state index contributed by atoms with van der Waals surface area (Å²) in [5.41, 5.74) is 5.16. The second-order valence-electron chi connectivity index (χ2n) is 8.64. The molecule has 6 nitrogen and oxygen atoms in total. The lowest BCUT2D eigenvalue weighted by atomic mass is 9.97. The molecule has 6 heteroatoms. The second-order valence-corrected chi connectivity index (χ2v) is 8.64. The molecule has 0 radical (unpaired) electrons. The third-order valence-corrected chi connectivity index (χ3v) is 6.02. The molecule has 3 aromatic rings. The summed E-state index contributed by atoms with van der Waals surface area (Å²) in [4.78, 5) is 15.5. The van der Waals surface area contributed by atoms with E-state index in [1.54, 1.807) is 19.2 Å². The van der Waals surface area contributed by atoms with Crippen LogP contribution in [0.2, 0.25) is 0 Å². The van der Waals surface area contributed by atoms with Gasteiger partial charge in [0.1, 0.15) is 11.5 Å². The van der Waals surface area contributed by atoms with Crippen LogP contribution < -0.4 is 9.47 Å². The Kier molecular flexibility index (Phi) is 7.28. The molecule has 0 saturated carbocycles. The molecule has 1 unspecified atom stereocenters. The molecule has 176 valence electrons. The van der Waals surface area contributed by atoms with Gasteiger partial charge in [0.05, 0.1) is 32.5 Å². The Morgan fingerprint density at radius 1 is 1.03 bits per heavy atom. The number of ether oxygens (including phenoxy) is 2. The standard InChI is InChI=1S/C28H31N3O3/c1-20-9-8-12-22(15-20)25-17-26(24-14-13-23(33-3)16-27(24)34-4)31(29-25)28(32)19-30(2)18-21-10-6-5-7-11-21/h5-16,26H,17-19H2,1-4H3. The average Bonchev–Trinajstić information content (AvgIpc) is 3.29. The zero-order chi connectivity index (χ0) is 24.1. The van der Waals surface area contributed by atoms with Crippen molar-refractivity contribution in [2.24, 2.45) is 5.10 Å². The van der Waals surface area contributed by atoms with E-state index >= 15 is 0 Å². The Morgan fingerprint density at radius 2 is 1.82 bits per heavy atom. The highest BCUT2D eigenvalue weighted by molar-refractivity contribution is 6.03. The van der Waals surface area contributed by atoms with Gasteiger partial charge >= 0.3 is 0 Å². The summed E-state index contributed by atoms with van der Waals surface area (Å²) in [6.07, 6.45) is 0.611. The second kappa shape index (κ2) is 10.5. The molecule has 0 aliphatic carbocycles. The van der Waals surface area contributed by atoms with Crippen molar-refractivity contribution in [3.63, 3.8) is 0 Å². The quantitative estimate of drug-likeness (QED) is 0.487. The minimum absolute atomic E-state index is 0.0519. The van der Waals surface area contributed by atoms with E-state index in [1.165, 1.54) is 0 Å². The van der Waals surface area contributed by atoms with Crippen molar-refractivity contribution in [2.45, 2.75) is 25.9 Å². The van der Waals surface area contributed by atoms with Crippen LogP contribution in [-0.4, -0.2) is 49.3 Å². The number of likely N-dealkylation sites (N-methyl/N-ethyl adjacent to an activating group) is 1. The minimum Gasteiger partial charge on any atom is -0.497 e. The van der Waals surface area contributed by atoms with Crippen molar-refractivity contribution in [1.82, 2.24) is 9.91 Å². The highest BCUT2D eigenvalue weighted by Gasteiger charge is 2.35. The molecule has 4 rings (SSSR count). The molecule has 1 aliphatic rings. The average molecular weight is 458 g/mol. The molecule has 0 spiro atoms. The first-order valence-electron chi connectivity index (χ1n) is 11.4. The maximum absolute atomic E-state index is 13.5. The van der Waals surface area contributed by atoms with Crippen LogP contribution in [0.5, 0.6) is 11.5 Å². The smallest absolute Gasteiger partial charge is 0.257 e. The lowest BCUT2D eigenvalue weighted by Crippen LogP contribution is -2.36. The van der Waals surface area contributed by atoms with Crippen molar-refractivity contribution in [3.05, 3.63) is 95.1 Å². The van der Waals surface area contributed by atoms with Crippen LogP contribution in [0.25, 0.3) is 0 Å². The van der Waals surface area contributed by atoms with Gasteiger partial charge in [-0.25, -0.2) is 5.01 Å². The molecule has 0 aromatic heterocycles. The normalized spacial score (nSPS) is 15.4. The Labute approximate surface area is 201 Å². The van der Waals surface area contributed by atoms with Gasteiger partial charge in [0.25, 0.3) is 5.91 Å². The zero-order valence-corrected chi connectivity index (χ0v) is 20.2. The Bertz CT molecular complexity index is 1180. The molecule has 34 heavy (non-hydrogen) atoms. The Morgan fingerprint density at radius 3 is 2.53 bits per heavy atom. The molecular formula is C28H31N3O3. The van der Waals surface area contributed by atoms with Crippen molar-refractivity contribution in [1.29, 1.82) is 0 Å². The van der Waals surface area contributed by atoms with Crippen LogP contribution in [0.3, 0.4) is 0 Å². The number of carbonyl (C=O) groups excluding carboxylic acids is 1. The molecule has 0 bridgehead atoms. The first-order valence-corrected chi connectivity index (χ1v) is 11.4. The fourth-order valence-corrected chi connectivity index (χ4v) is 4.33. The van der Waals surface area contributed by atoms with Gasteiger partial charge in [-0.05, 0) is 37.2 Å². The fraction of sp³-hybridized carbons (Fsp3) is 0.286. The van der Waals surface area contributed by atoms with Crippen LogP contribution >= 0.6 is 0 Å². The molecule has 0 fully saturated rings. The summed E-state index contributed by atoms with van der Waals surface area (Å²) < 4.78 is 11.0. The van der Waals surface area contributed by atoms with Gasteiger partial charge in [-0.2, -0.15) is 5.10 Å². The number of benzene rings is 3. The number of aryl methyl sites for hydroxylation is 1. The van der Waals surface area contributed by atoms with E-state index in [4.69, 9.17) is 14.6 Å². The summed E-state index contributed by atoms with van der Waals surface area (Å²) in [5.74, 6) is 1.34. The van der Waals surface area contributed by atoms with Gasteiger partial charge in [0, 0.05) is 24.6 Å². The first-order chi connectivity index (χ1) is 16.5. The number of hydrazone groups is 1. The summed E-state index contributed by atoms with van der Waals surface area (Å²) in [6, 6.07) is 23.8. The largest absolute Gasteiger partial charge is 0.497 e. The number of amides is 1. The first kappa shape index (κ1) is 23.5. The SMILES string of the molecule is COc1ccc(C2CC(c3cccc(C)c3)=NN2C(=O)CN(C)Cc2ccccc2)c(OC)c1. The number of hydrogen-bond donors (Lipinski definition) is 0. The Balaban J connectivity index is 1.63. The van der Waals surface area contributed by atoms with E-state index in [0.717, 1.165) is 28.0 Å². The predicted molar refractivity (Wildman–Crippen MR) is 134 cm³/mol. The molecule has 1 amide bonds. The highest BCUT2D eigenvalue weighted by atomic mass is 16.5. The summed E-state index contributed by atoms with van der Waals surface area (Å²) in [5, 5.41) is 6.45. The van der Waals surface area contributed by atoms with Crippen molar-refractivity contribution in [3.8, 4) is 11.5 Å². The van der Waals surface area contributed by atoms with E-state index in [2.05, 4.69) is 31.2 Å². The summed E-state index contributed by atoms with van der Waals surface area (Å²) in [7, 11) is 5.21. The van der Waals surface area contributed by atoms with Gasteiger partial charge in [-0.1, -0.05) is 60.2 Å². The fourth-order valence-electron chi connectivity index (χ4n) is 4.33. The third-order valence-electron chi connectivity index (χ3n) is 6.02. The zero-order valence-electron chi connectivity index (χ0n) is 20.2. The number of carbonyl (C=O) groups is 1. The summed E-state index contributed by atoms with van der Waals surface area (Å²) >= 11 is 0. The number of methoxy groups -OCH3 is 2. The van der Waals surface area contributed by atoms with Crippen LogP contribution in [0.4, 0.5) is 0 Å². The van der Waals surface area contributed by atoms with E-state index in [1.807, 2.05) is 60.5 Å². The molecule has 0 N–H and O–H groups in total. The van der Waals surface area contributed by atoms with Crippen molar-refractivity contribution in [2.75, 3.05) is 27.8 Å². The van der Waals surface area contributed by atoms with Gasteiger partial charge in [-0.15, -0.1) is 0 Å². The molecule has 1 atom stereocenters. The lowest BCUT2D eigenvalue weighted by molar-refractivity contribution is -0.134.